The molecule has 4 atom stereocenters. The molecule has 18 heteroatoms. The van der Waals surface area contributed by atoms with Crippen LogP contribution in [0.2, 0.25) is 0 Å². The number of aryl methyl sites for hydroxylation is 1. The molecular weight excluding hydrogens is 639 g/mol. The lowest BCUT2D eigenvalue weighted by Gasteiger charge is -2.21. The standard InChI is InChI=1S/C28H28F2N3O12P/c1-15-9-19(40-2)10-17-11-20(44-23(15)17)13-41-18-5-3-16(4-6-18)12-42-27(36)32-22-7-8-33(26(35)31-22)25-28(29,30)24(34)21(45-25)14-43-46(37,38)39/h3-11,21,24-25,34H,12-14H2,1-2H3,(H2,37,38,39)(H,31,32,35,36)/p-1/t21?,24-,25-/m1/s1. The van der Waals surface area contributed by atoms with E-state index in [0.717, 1.165) is 34.5 Å². The fourth-order valence-corrected chi connectivity index (χ4v) is 4.93. The number of amides is 1. The third-order valence-corrected chi connectivity index (χ3v) is 7.31. The number of anilines is 1. The number of carbonyl (C=O) groups is 1. The molecule has 1 amide bonds. The number of halogens is 2. The maximum atomic E-state index is 14.6. The van der Waals surface area contributed by atoms with E-state index in [9.17, 15) is 32.9 Å². The predicted molar refractivity (Wildman–Crippen MR) is 151 cm³/mol. The first-order chi connectivity index (χ1) is 21.7. The molecule has 4 aromatic rings. The molecule has 0 spiro atoms. The number of nitrogens with one attached hydrogen (secondary N) is 1. The molecule has 1 saturated heterocycles. The number of hydrogen-bond acceptors (Lipinski definition) is 12. The van der Waals surface area contributed by atoms with Crippen molar-refractivity contribution < 1.29 is 60.9 Å². The summed E-state index contributed by atoms with van der Waals surface area (Å²) >= 11 is 0. The van der Waals surface area contributed by atoms with Gasteiger partial charge in [0, 0.05) is 11.6 Å². The van der Waals surface area contributed by atoms with Gasteiger partial charge in [0.1, 0.15) is 48.0 Å². The Morgan fingerprint density at radius 3 is 2.59 bits per heavy atom. The van der Waals surface area contributed by atoms with Crippen molar-refractivity contribution in [3.63, 3.8) is 0 Å². The molecule has 0 aliphatic carbocycles. The number of hydrogen-bond donors (Lipinski definition) is 3. The van der Waals surface area contributed by atoms with Gasteiger partial charge in [-0.05, 0) is 54.4 Å². The van der Waals surface area contributed by atoms with E-state index in [0.29, 0.717) is 21.6 Å². The molecule has 1 aliphatic rings. The van der Waals surface area contributed by atoms with Crippen LogP contribution in [0.3, 0.4) is 0 Å². The Bertz CT molecular complexity index is 1820. The normalized spacial score (nSPS) is 20.3. The lowest BCUT2D eigenvalue weighted by atomic mass is 10.1. The summed E-state index contributed by atoms with van der Waals surface area (Å²) in [6, 6.07) is 13.3. The highest BCUT2D eigenvalue weighted by atomic mass is 31.2. The number of aliphatic hydroxyl groups excluding tert-OH is 1. The number of aromatic nitrogens is 2. The maximum absolute atomic E-state index is 14.6. The van der Waals surface area contributed by atoms with Crippen LogP contribution in [-0.2, 0) is 31.8 Å². The van der Waals surface area contributed by atoms with Crippen LogP contribution in [0.4, 0.5) is 19.4 Å². The summed E-state index contributed by atoms with van der Waals surface area (Å²) in [5.41, 5.74) is 0.984. The second-order valence-electron chi connectivity index (χ2n) is 10.1. The smallest absolute Gasteiger partial charge is 0.413 e. The highest BCUT2D eigenvalue weighted by Gasteiger charge is 2.59. The Labute approximate surface area is 258 Å². The van der Waals surface area contributed by atoms with E-state index in [4.69, 9.17) is 28.3 Å². The van der Waals surface area contributed by atoms with Crippen molar-refractivity contribution in [2.45, 2.75) is 44.5 Å². The van der Waals surface area contributed by atoms with Gasteiger partial charge in [-0.2, -0.15) is 13.8 Å². The van der Waals surface area contributed by atoms with Crippen LogP contribution in [-0.4, -0.2) is 57.5 Å². The minimum Gasteiger partial charge on any atom is -0.756 e. The van der Waals surface area contributed by atoms with E-state index < -0.39 is 50.6 Å². The van der Waals surface area contributed by atoms with Crippen molar-refractivity contribution in [2.24, 2.45) is 0 Å². The van der Waals surface area contributed by atoms with Crippen LogP contribution in [0.5, 0.6) is 11.5 Å². The van der Waals surface area contributed by atoms with Gasteiger partial charge in [0.05, 0.1) is 13.7 Å². The van der Waals surface area contributed by atoms with Crippen molar-refractivity contribution in [3.8, 4) is 11.5 Å². The van der Waals surface area contributed by atoms with Crippen LogP contribution in [0, 0.1) is 6.92 Å². The summed E-state index contributed by atoms with van der Waals surface area (Å²) in [5.74, 6) is -2.52. The lowest BCUT2D eigenvalue weighted by Crippen LogP contribution is -2.42. The third-order valence-electron chi connectivity index (χ3n) is 6.83. The Morgan fingerprint density at radius 1 is 1.17 bits per heavy atom. The molecule has 1 aliphatic heterocycles. The van der Waals surface area contributed by atoms with Crippen LogP contribution in [0.1, 0.15) is 23.1 Å². The molecule has 2 unspecified atom stereocenters. The number of rotatable bonds is 11. The van der Waals surface area contributed by atoms with E-state index in [-0.39, 0.29) is 19.0 Å². The molecule has 15 nitrogen and oxygen atoms in total. The summed E-state index contributed by atoms with van der Waals surface area (Å²) in [6.45, 7) is 0.797. The average Bonchev–Trinajstić information content (AvgIpc) is 3.52. The minimum absolute atomic E-state index is 0.165. The highest BCUT2D eigenvalue weighted by molar-refractivity contribution is 7.44. The summed E-state index contributed by atoms with van der Waals surface area (Å²) in [5, 5.41) is 12.9. The molecule has 46 heavy (non-hydrogen) atoms. The monoisotopic (exact) mass is 666 g/mol. The number of phosphoric acid groups is 1. The van der Waals surface area contributed by atoms with Gasteiger partial charge in [0.2, 0.25) is 6.23 Å². The van der Waals surface area contributed by atoms with E-state index >= 15 is 0 Å². The molecule has 0 radical (unpaired) electrons. The first-order valence-electron chi connectivity index (χ1n) is 13.4. The summed E-state index contributed by atoms with van der Waals surface area (Å²) in [6.07, 6.45) is -7.04. The Balaban J connectivity index is 1.12. The molecule has 0 saturated carbocycles. The summed E-state index contributed by atoms with van der Waals surface area (Å²) < 4.78 is 71.3. The molecule has 3 heterocycles. The fourth-order valence-electron chi connectivity index (χ4n) is 4.60. The minimum atomic E-state index is -5.29. The van der Waals surface area contributed by atoms with Crippen molar-refractivity contribution in [3.05, 3.63) is 82.1 Å². The van der Waals surface area contributed by atoms with Gasteiger partial charge < -0.3 is 42.8 Å². The molecular formula is C28H27F2N3O12P-. The zero-order valence-electron chi connectivity index (χ0n) is 24.1. The van der Waals surface area contributed by atoms with E-state index in [1.54, 1.807) is 31.4 Å². The maximum Gasteiger partial charge on any atom is 0.413 e. The second kappa shape index (κ2) is 13.2. The molecule has 3 N–H and O–H groups in total. The van der Waals surface area contributed by atoms with Crippen LogP contribution in [0.15, 0.2) is 63.9 Å². The number of phosphoric ester groups is 1. The number of furan rings is 1. The number of benzene rings is 2. The zero-order chi connectivity index (χ0) is 33.2. The van der Waals surface area contributed by atoms with E-state index in [1.165, 1.54) is 0 Å². The largest absolute Gasteiger partial charge is 0.756 e. The van der Waals surface area contributed by atoms with E-state index in [1.807, 2.05) is 25.1 Å². The van der Waals surface area contributed by atoms with Crippen LogP contribution in [0.25, 0.3) is 11.0 Å². The lowest BCUT2D eigenvalue weighted by molar-refractivity contribution is -0.222. The third kappa shape index (κ3) is 7.52. The topological polar surface area (TPSA) is 204 Å². The van der Waals surface area contributed by atoms with Gasteiger partial charge in [-0.25, -0.2) is 9.59 Å². The number of alkyl halides is 2. The molecule has 1 fully saturated rings. The summed E-state index contributed by atoms with van der Waals surface area (Å²) in [4.78, 5) is 47.6. The van der Waals surface area contributed by atoms with Gasteiger partial charge in [0.25, 0.3) is 7.82 Å². The number of carbonyl (C=O) groups excluding carboxylic acids is 1. The van der Waals surface area contributed by atoms with Gasteiger partial charge in [-0.3, -0.25) is 14.4 Å². The second-order valence-corrected chi connectivity index (χ2v) is 11.3. The molecule has 2 aromatic carbocycles. The van der Waals surface area contributed by atoms with Gasteiger partial charge in [0.15, 0.2) is 6.10 Å². The number of ether oxygens (including phenoxy) is 4. The Kier molecular flexibility index (Phi) is 9.44. The van der Waals surface area contributed by atoms with Crippen molar-refractivity contribution >= 4 is 30.7 Å². The fraction of sp³-hybridized carbons (Fsp3) is 0.321. The average molecular weight is 667 g/mol. The highest BCUT2D eigenvalue weighted by Crippen LogP contribution is 2.43. The number of methoxy groups -OCH3 is 1. The number of nitrogens with zero attached hydrogens (tertiary/aromatic N) is 2. The number of aliphatic hydroxyl groups is 1. The SMILES string of the molecule is COc1cc(C)c2oc(COc3ccc(COC(=O)Nc4ccn([C@@H]5OC(COP(=O)([O-])O)[C@@H](O)C5(F)F)c(=O)n4)cc3)cc2c1. The first-order valence-corrected chi connectivity index (χ1v) is 14.9. The van der Waals surface area contributed by atoms with Crippen molar-refractivity contribution in [1.29, 1.82) is 0 Å². The first kappa shape index (κ1) is 33.0. The predicted octanol–water partition coefficient (Wildman–Crippen LogP) is 3.01. The number of fused-ring (bicyclic) bond motifs is 1. The van der Waals surface area contributed by atoms with Gasteiger partial charge in [-0.15, -0.1) is 0 Å². The van der Waals surface area contributed by atoms with Crippen molar-refractivity contribution in [1.82, 2.24) is 9.55 Å². The molecule has 5 rings (SSSR count). The zero-order valence-corrected chi connectivity index (χ0v) is 25.0. The summed E-state index contributed by atoms with van der Waals surface area (Å²) in [7, 11) is -3.70. The van der Waals surface area contributed by atoms with E-state index in [2.05, 4.69) is 14.8 Å². The Morgan fingerprint density at radius 2 is 1.91 bits per heavy atom. The Hall–Kier alpha value is -4.38. The molecule has 246 valence electrons. The van der Waals surface area contributed by atoms with Crippen LogP contribution >= 0.6 is 7.82 Å². The molecule has 0 bridgehead atoms. The quantitative estimate of drug-likeness (QED) is 0.197. The van der Waals surface area contributed by atoms with Crippen LogP contribution < -0.4 is 25.4 Å². The van der Waals surface area contributed by atoms with Gasteiger partial charge >= 0.3 is 17.7 Å². The van der Waals surface area contributed by atoms with Gasteiger partial charge in [-0.1, -0.05) is 12.1 Å². The van der Waals surface area contributed by atoms with Crippen molar-refractivity contribution in [2.75, 3.05) is 19.0 Å². The molecule has 2 aromatic heterocycles.